The van der Waals surface area contributed by atoms with Crippen LogP contribution < -0.4 is 0 Å². The Morgan fingerprint density at radius 1 is 1.41 bits per heavy atom. The van der Waals surface area contributed by atoms with E-state index in [0.717, 1.165) is 5.56 Å². The zero-order chi connectivity index (χ0) is 13.4. The van der Waals surface area contributed by atoms with Gasteiger partial charge in [0, 0.05) is 5.02 Å². The lowest BCUT2D eigenvalue weighted by Gasteiger charge is -2.22. The highest BCUT2D eigenvalue weighted by atomic mass is 35.5. The Labute approximate surface area is 106 Å². The third-order valence-corrected chi connectivity index (χ3v) is 3.40. The van der Waals surface area contributed by atoms with E-state index in [4.69, 9.17) is 16.7 Å². The summed E-state index contributed by atoms with van der Waals surface area (Å²) in [6.07, 6.45) is 0.251. The zero-order valence-corrected chi connectivity index (χ0v) is 11.2. The number of carboxylic acid groups (broad SMARTS) is 1. The van der Waals surface area contributed by atoms with Crippen molar-refractivity contribution in [2.75, 3.05) is 0 Å². The van der Waals surface area contributed by atoms with E-state index >= 15 is 0 Å². The lowest BCUT2D eigenvalue weighted by Crippen LogP contribution is -2.26. The smallest absolute Gasteiger partial charge is 0.309 e. The molecule has 2 N–H and O–H groups in total. The average Bonchev–Trinajstić information content (AvgIpc) is 2.21. The monoisotopic (exact) mass is 256 g/mol. The summed E-state index contributed by atoms with van der Waals surface area (Å²) < 4.78 is 0. The summed E-state index contributed by atoms with van der Waals surface area (Å²) in [5.41, 5.74) is 1.09. The second kappa shape index (κ2) is 4.57. The summed E-state index contributed by atoms with van der Waals surface area (Å²) in [5.74, 6) is -0.754. The van der Waals surface area contributed by atoms with Crippen molar-refractivity contribution < 1.29 is 15.0 Å². The summed E-state index contributed by atoms with van der Waals surface area (Å²) in [6, 6.07) is 1.68. The fourth-order valence-corrected chi connectivity index (χ4v) is 1.94. The van der Waals surface area contributed by atoms with Crippen LogP contribution in [0, 0.1) is 19.3 Å². The molecule has 4 heteroatoms. The molecule has 0 unspecified atom stereocenters. The van der Waals surface area contributed by atoms with Crippen LogP contribution in [-0.4, -0.2) is 16.2 Å². The van der Waals surface area contributed by atoms with Gasteiger partial charge in [0.2, 0.25) is 0 Å². The molecule has 0 atom stereocenters. The van der Waals surface area contributed by atoms with E-state index in [0.29, 0.717) is 16.1 Å². The molecule has 0 spiro atoms. The van der Waals surface area contributed by atoms with Gasteiger partial charge in [0.25, 0.3) is 0 Å². The standard InChI is InChI=1S/C13H17ClO3/c1-7-5-10(14)8(2)9(11(7)15)6-13(3,4)12(16)17/h5,15H,6H2,1-4H3,(H,16,17). The SMILES string of the molecule is Cc1cc(Cl)c(C)c(CC(C)(C)C(=O)O)c1O. The number of aromatic hydroxyl groups is 1. The molecule has 0 saturated carbocycles. The average molecular weight is 257 g/mol. The predicted molar refractivity (Wildman–Crippen MR) is 67.7 cm³/mol. The van der Waals surface area contributed by atoms with E-state index < -0.39 is 11.4 Å². The number of hydrogen-bond acceptors (Lipinski definition) is 2. The molecular formula is C13H17ClO3. The minimum Gasteiger partial charge on any atom is -0.507 e. The molecule has 3 nitrogen and oxygen atoms in total. The summed E-state index contributed by atoms with van der Waals surface area (Å²) in [7, 11) is 0. The van der Waals surface area contributed by atoms with E-state index in [-0.39, 0.29) is 12.2 Å². The summed E-state index contributed by atoms with van der Waals surface area (Å²) in [4.78, 5) is 11.1. The highest BCUT2D eigenvalue weighted by Crippen LogP contribution is 2.35. The number of halogens is 1. The van der Waals surface area contributed by atoms with Gasteiger partial charge >= 0.3 is 5.97 Å². The van der Waals surface area contributed by atoms with Crippen LogP contribution in [-0.2, 0) is 11.2 Å². The van der Waals surface area contributed by atoms with Gasteiger partial charge in [-0.05, 0) is 56.9 Å². The number of aryl methyl sites for hydroxylation is 1. The second-order valence-corrected chi connectivity index (χ2v) is 5.40. The Morgan fingerprint density at radius 2 is 1.94 bits per heavy atom. The largest absolute Gasteiger partial charge is 0.507 e. The van der Waals surface area contributed by atoms with Gasteiger partial charge in [0.05, 0.1) is 5.41 Å². The highest BCUT2D eigenvalue weighted by Gasteiger charge is 2.30. The van der Waals surface area contributed by atoms with Crippen molar-refractivity contribution in [3.8, 4) is 5.75 Å². The molecule has 1 aromatic carbocycles. The molecule has 17 heavy (non-hydrogen) atoms. The van der Waals surface area contributed by atoms with Gasteiger partial charge in [0.15, 0.2) is 0 Å². The van der Waals surface area contributed by atoms with Crippen molar-refractivity contribution in [2.24, 2.45) is 5.41 Å². The molecular weight excluding hydrogens is 240 g/mol. The maximum atomic E-state index is 11.1. The van der Waals surface area contributed by atoms with Crippen LogP contribution in [0.3, 0.4) is 0 Å². The number of phenolic OH excluding ortho intramolecular Hbond substituents is 1. The minimum absolute atomic E-state index is 0.140. The molecule has 1 aromatic rings. The molecule has 0 saturated heterocycles. The number of phenols is 1. The molecule has 0 heterocycles. The fourth-order valence-electron chi connectivity index (χ4n) is 1.66. The predicted octanol–water partition coefficient (Wildman–Crippen LogP) is 3.32. The van der Waals surface area contributed by atoms with Gasteiger partial charge in [-0.1, -0.05) is 11.6 Å². The van der Waals surface area contributed by atoms with E-state index in [1.165, 1.54) is 0 Å². The normalized spacial score (nSPS) is 11.6. The Bertz CT molecular complexity index is 438. The molecule has 0 aliphatic heterocycles. The first-order chi connectivity index (χ1) is 7.66. The fraction of sp³-hybridized carbons (Fsp3) is 0.462. The summed E-state index contributed by atoms with van der Waals surface area (Å²) >= 11 is 6.04. The van der Waals surface area contributed by atoms with E-state index in [9.17, 15) is 9.90 Å². The van der Waals surface area contributed by atoms with E-state index in [2.05, 4.69) is 0 Å². The maximum absolute atomic E-state index is 11.1. The summed E-state index contributed by atoms with van der Waals surface area (Å²) in [6.45, 7) is 6.79. The quantitative estimate of drug-likeness (QED) is 0.872. The Hall–Kier alpha value is -1.22. The van der Waals surface area contributed by atoms with Gasteiger partial charge in [-0.3, -0.25) is 4.79 Å². The van der Waals surface area contributed by atoms with Gasteiger partial charge in [0.1, 0.15) is 5.75 Å². The van der Waals surface area contributed by atoms with Crippen molar-refractivity contribution in [2.45, 2.75) is 34.1 Å². The van der Waals surface area contributed by atoms with Crippen molar-refractivity contribution in [3.05, 3.63) is 27.8 Å². The number of carbonyl (C=O) groups is 1. The number of hydrogen-bond donors (Lipinski definition) is 2. The highest BCUT2D eigenvalue weighted by molar-refractivity contribution is 6.31. The molecule has 0 radical (unpaired) electrons. The van der Waals surface area contributed by atoms with Crippen LogP contribution >= 0.6 is 11.6 Å². The van der Waals surface area contributed by atoms with Gasteiger partial charge in [-0.25, -0.2) is 0 Å². The Morgan fingerprint density at radius 3 is 2.41 bits per heavy atom. The zero-order valence-electron chi connectivity index (χ0n) is 10.5. The minimum atomic E-state index is -0.931. The number of aliphatic carboxylic acids is 1. The summed E-state index contributed by atoms with van der Waals surface area (Å²) in [5, 5.41) is 19.7. The van der Waals surface area contributed by atoms with E-state index in [1.807, 2.05) is 0 Å². The van der Waals surface area contributed by atoms with Crippen LogP contribution in [0.1, 0.15) is 30.5 Å². The number of carboxylic acids is 1. The van der Waals surface area contributed by atoms with Crippen LogP contribution in [0.15, 0.2) is 6.07 Å². The second-order valence-electron chi connectivity index (χ2n) is 4.99. The van der Waals surface area contributed by atoms with E-state index in [1.54, 1.807) is 33.8 Å². The van der Waals surface area contributed by atoms with Crippen LogP contribution in [0.25, 0.3) is 0 Å². The van der Waals surface area contributed by atoms with Crippen molar-refractivity contribution >= 4 is 17.6 Å². The van der Waals surface area contributed by atoms with Crippen molar-refractivity contribution in [1.82, 2.24) is 0 Å². The number of rotatable bonds is 3. The van der Waals surface area contributed by atoms with Gasteiger partial charge in [-0.2, -0.15) is 0 Å². The molecule has 0 aliphatic carbocycles. The molecule has 0 fully saturated rings. The first kappa shape index (κ1) is 13.8. The Kier molecular flexibility index (Phi) is 3.72. The molecule has 94 valence electrons. The topological polar surface area (TPSA) is 57.5 Å². The number of benzene rings is 1. The van der Waals surface area contributed by atoms with Crippen LogP contribution in [0.2, 0.25) is 5.02 Å². The lowest BCUT2D eigenvalue weighted by molar-refractivity contribution is -0.146. The molecule has 0 bridgehead atoms. The first-order valence-electron chi connectivity index (χ1n) is 5.37. The molecule has 0 amide bonds. The first-order valence-corrected chi connectivity index (χ1v) is 5.75. The Balaban J connectivity index is 3.28. The van der Waals surface area contributed by atoms with Crippen LogP contribution in [0.5, 0.6) is 5.75 Å². The lowest BCUT2D eigenvalue weighted by atomic mass is 9.83. The van der Waals surface area contributed by atoms with Crippen LogP contribution in [0.4, 0.5) is 0 Å². The third-order valence-electron chi connectivity index (χ3n) is 3.01. The maximum Gasteiger partial charge on any atom is 0.309 e. The molecule has 0 aromatic heterocycles. The molecule has 0 aliphatic rings. The van der Waals surface area contributed by atoms with Gasteiger partial charge in [-0.15, -0.1) is 0 Å². The molecule has 1 rings (SSSR count). The van der Waals surface area contributed by atoms with Gasteiger partial charge < -0.3 is 10.2 Å². The van der Waals surface area contributed by atoms with Crippen molar-refractivity contribution in [3.63, 3.8) is 0 Å². The van der Waals surface area contributed by atoms with Crippen molar-refractivity contribution in [1.29, 1.82) is 0 Å². The third kappa shape index (κ3) is 2.72.